The van der Waals surface area contributed by atoms with E-state index in [9.17, 15) is 0 Å². The van der Waals surface area contributed by atoms with Crippen molar-refractivity contribution < 1.29 is 4.48 Å². The Morgan fingerprint density at radius 3 is 0.683 bits per heavy atom. The molecule has 0 aromatic heterocycles. The number of hydrogen-bond donors (Lipinski definition) is 0. The number of hydrogen-bond acceptors (Lipinski definition) is 0. The molecule has 1 nitrogen and oxygen atoms in total. The fourth-order valence-corrected chi connectivity index (χ4v) is 6.70. The summed E-state index contributed by atoms with van der Waals surface area (Å²) in [7, 11) is 2.41. The first-order valence-corrected chi connectivity index (χ1v) is 20.0. The van der Waals surface area contributed by atoms with Crippen LogP contribution >= 0.6 is 11.6 Å². The Morgan fingerprint density at radius 2 is 0.512 bits per heavy atom. The lowest BCUT2D eigenvalue weighted by molar-refractivity contribution is -0.919. The number of nitrogens with zero attached hydrogens (tertiary/aromatic N) is 1. The van der Waals surface area contributed by atoms with Gasteiger partial charge in [-0.1, -0.05) is 205 Å². The molecule has 0 aliphatic rings. The Balaban J connectivity index is 3.50. The summed E-state index contributed by atoms with van der Waals surface area (Å²) >= 11 is 6.70. The highest BCUT2D eigenvalue weighted by Gasteiger charge is 2.26. The average molecular weight is 600 g/mol. The van der Waals surface area contributed by atoms with Gasteiger partial charge in [-0.3, -0.25) is 0 Å². The van der Waals surface area contributed by atoms with Gasteiger partial charge >= 0.3 is 0 Å². The van der Waals surface area contributed by atoms with Crippen LogP contribution < -0.4 is 0 Å². The third-order valence-corrected chi connectivity index (χ3v) is 10.4. The van der Waals surface area contributed by atoms with Crippen molar-refractivity contribution in [2.45, 2.75) is 232 Å². The predicted octanol–water partition coefficient (Wildman–Crippen LogP) is 14.5. The minimum absolute atomic E-state index is 0.239. The van der Waals surface area contributed by atoms with Gasteiger partial charge in [-0.15, -0.1) is 0 Å². The molecule has 1 atom stereocenters. The van der Waals surface area contributed by atoms with E-state index >= 15 is 0 Å². The first-order chi connectivity index (χ1) is 20.1. The summed E-state index contributed by atoms with van der Waals surface area (Å²) in [5.41, 5.74) is 0.239. The molecular formula is C39H81ClN+. The summed E-state index contributed by atoms with van der Waals surface area (Å²) in [6.45, 7) is 9.37. The molecule has 0 radical (unpaired) electrons. The van der Waals surface area contributed by atoms with Crippen molar-refractivity contribution >= 4 is 11.6 Å². The van der Waals surface area contributed by atoms with Crippen LogP contribution in [-0.4, -0.2) is 30.1 Å². The summed E-state index contributed by atoms with van der Waals surface area (Å²) in [5.74, 6) is 0. The molecule has 41 heavy (non-hydrogen) atoms. The highest BCUT2D eigenvalue weighted by atomic mass is 35.5. The number of alkyl halides is 1. The zero-order valence-electron chi connectivity index (χ0n) is 29.4. The van der Waals surface area contributed by atoms with E-state index in [1.807, 2.05) is 0 Å². The van der Waals surface area contributed by atoms with E-state index in [-0.39, 0.29) is 5.50 Å². The Hall–Kier alpha value is 0.250. The Labute approximate surface area is 267 Å². The fraction of sp³-hybridized carbons (Fsp3) is 1.00. The van der Waals surface area contributed by atoms with Crippen LogP contribution in [0.4, 0.5) is 0 Å². The Bertz CT molecular complexity index is 440. The van der Waals surface area contributed by atoms with Gasteiger partial charge in [-0.2, -0.15) is 0 Å². The van der Waals surface area contributed by atoms with E-state index < -0.39 is 0 Å². The van der Waals surface area contributed by atoms with Crippen LogP contribution in [0.3, 0.4) is 0 Å². The minimum atomic E-state index is 0.239. The van der Waals surface area contributed by atoms with Gasteiger partial charge in [-0.05, 0) is 25.7 Å². The normalized spacial score (nSPS) is 12.8. The van der Waals surface area contributed by atoms with Gasteiger partial charge in [-0.25, -0.2) is 0 Å². The van der Waals surface area contributed by atoms with E-state index in [0.717, 1.165) is 4.48 Å². The highest BCUT2D eigenvalue weighted by Crippen LogP contribution is 2.20. The second-order valence-corrected chi connectivity index (χ2v) is 14.7. The van der Waals surface area contributed by atoms with Gasteiger partial charge in [0.25, 0.3) is 0 Å². The van der Waals surface area contributed by atoms with Crippen molar-refractivity contribution in [2.24, 2.45) is 0 Å². The molecule has 0 aliphatic carbocycles. The SMILES string of the molecule is CCCCCCCCCCCCCCCCCC[N+](C)(CCCCCCCCCCCCCCCCCC)C(C)Cl. The molecule has 0 rings (SSSR count). The quantitative estimate of drug-likeness (QED) is 0.0294. The number of unbranched alkanes of at least 4 members (excludes halogenated alkanes) is 30. The van der Waals surface area contributed by atoms with Crippen molar-refractivity contribution in [3.05, 3.63) is 0 Å². The summed E-state index contributed by atoms with van der Waals surface area (Å²) in [6.07, 6.45) is 46.2. The van der Waals surface area contributed by atoms with Crippen LogP contribution in [-0.2, 0) is 0 Å². The van der Waals surface area contributed by atoms with Gasteiger partial charge < -0.3 is 4.48 Å². The molecule has 0 bridgehead atoms. The van der Waals surface area contributed by atoms with Gasteiger partial charge in [0.2, 0.25) is 0 Å². The number of quaternary nitrogens is 1. The van der Waals surface area contributed by atoms with Crippen molar-refractivity contribution in [1.29, 1.82) is 0 Å². The molecule has 0 spiro atoms. The molecule has 0 aliphatic heterocycles. The standard InChI is InChI=1S/C39H81ClN/c1-5-7-9-11-13-15-17-19-21-23-25-27-29-31-33-35-37-41(4,39(3)40)38-36-34-32-30-28-26-24-22-20-18-16-14-12-10-8-6-2/h39H,5-38H2,1-4H3/q+1. The molecule has 1 unspecified atom stereocenters. The summed E-state index contributed by atoms with van der Waals surface area (Å²) in [5, 5.41) is 0. The molecule has 0 heterocycles. The second kappa shape index (κ2) is 33.1. The second-order valence-electron chi connectivity index (χ2n) is 14.1. The molecule has 0 fully saturated rings. The number of rotatable bonds is 35. The van der Waals surface area contributed by atoms with Crippen LogP contribution in [0.1, 0.15) is 226 Å². The Morgan fingerprint density at radius 1 is 0.341 bits per heavy atom. The van der Waals surface area contributed by atoms with E-state index in [4.69, 9.17) is 11.6 Å². The number of halogens is 1. The van der Waals surface area contributed by atoms with Gasteiger partial charge in [0.05, 0.1) is 20.1 Å². The first-order valence-electron chi connectivity index (χ1n) is 19.5. The molecule has 0 aromatic carbocycles. The van der Waals surface area contributed by atoms with E-state index in [2.05, 4.69) is 27.8 Å². The maximum atomic E-state index is 6.70. The monoisotopic (exact) mass is 599 g/mol. The lowest BCUT2D eigenvalue weighted by Gasteiger charge is -2.37. The maximum absolute atomic E-state index is 6.70. The van der Waals surface area contributed by atoms with E-state index in [1.54, 1.807) is 0 Å². The van der Waals surface area contributed by atoms with Crippen LogP contribution in [0.2, 0.25) is 0 Å². The first kappa shape index (κ1) is 41.2. The summed E-state index contributed by atoms with van der Waals surface area (Å²) < 4.78 is 1.07. The Kier molecular flexibility index (Phi) is 33.4. The van der Waals surface area contributed by atoms with Crippen molar-refractivity contribution in [1.82, 2.24) is 0 Å². The molecular weight excluding hydrogens is 518 g/mol. The predicted molar refractivity (Wildman–Crippen MR) is 190 cm³/mol. The third kappa shape index (κ3) is 30.1. The van der Waals surface area contributed by atoms with Crippen LogP contribution in [0.5, 0.6) is 0 Å². The molecule has 0 amide bonds. The van der Waals surface area contributed by atoms with Gasteiger partial charge in [0.1, 0.15) is 0 Å². The summed E-state index contributed by atoms with van der Waals surface area (Å²) in [4.78, 5) is 0. The molecule has 2 heteroatoms. The lowest BCUT2D eigenvalue weighted by Crippen LogP contribution is -2.49. The van der Waals surface area contributed by atoms with Crippen LogP contribution in [0.15, 0.2) is 0 Å². The zero-order valence-corrected chi connectivity index (χ0v) is 30.2. The smallest absolute Gasteiger partial charge is 0.161 e. The maximum Gasteiger partial charge on any atom is 0.161 e. The summed E-state index contributed by atoms with van der Waals surface area (Å²) in [6, 6.07) is 0. The highest BCUT2D eigenvalue weighted by molar-refractivity contribution is 6.19. The molecule has 248 valence electrons. The molecule has 0 aromatic rings. The van der Waals surface area contributed by atoms with Gasteiger partial charge in [0.15, 0.2) is 5.50 Å². The van der Waals surface area contributed by atoms with Crippen molar-refractivity contribution in [3.8, 4) is 0 Å². The van der Waals surface area contributed by atoms with Crippen molar-refractivity contribution in [2.75, 3.05) is 20.1 Å². The van der Waals surface area contributed by atoms with E-state index in [0.29, 0.717) is 0 Å². The van der Waals surface area contributed by atoms with Crippen LogP contribution in [0, 0.1) is 0 Å². The fourth-order valence-electron chi connectivity index (χ4n) is 6.51. The van der Waals surface area contributed by atoms with Crippen molar-refractivity contribution in [3.63, 3.8) is 0 Å². The van der Waals surface area contributed by atoms with E-state index in [1.165, 1.54) is 219 Å². The lowest BCUT2D eigenvalue weighted by atomic mass is 10.0. The average Bonchev–Trinajstić information content (AvgIpc) is 2.96. The molecule has 0 saturated heterocycles. The minimum Gasteiger partial charge on any atom is -0.311 e. The topological polar surface area (TPSA) is 0 Å². The molecule has 0 saturated carbocycles. The van der Waals surface area contributed by atoms with Crippen LogP contribution in [0.25, 0.3) is 0 Å². The zero-order chi connectivity index (χ0) is 30.1. The van der Waals surface area contributed by atoms with Gasteiger partial charge in [0, 0.05) is 6.92 Å². The largest absolute Gasteiger partial charge is 0.311 e. The third-order valence-electron chi connectivity index (χ3n) is 9.90. The molecule has 0 N–H and O–H groups in total.